The number of para-hydroxylation sites is 3. The molecule has 12 nitrogen and oxygen atoms in total. The van der Waals surface area contributed by atoms with E-state index in [0.717, 1.165) is 91.2 Å². The van der Waals surface area contributed by atoms with E-state index >= 15 is 0 Å². The third-order valence-electron chi connectivity index (χ3n) is 35.3. The number of rotatable bonds is 5. The zero-order valence-corrected chi connectivity index (χ0v) is 81.1. The second-order valence-electron chi connectivity index (χ2n) is 46.0. The maximum Gasteiger partial charge on any atom is 0.227 e. The maximum atomic E-state index is 6.45. The molecule has 0 N–H and O–H groups in total. The molecule has 5 unspecified atom stereocenters. The highest BCUT2D eigenvalue weighted by Crippen LogP contribution is 2.69. The maximum absolute atomic E-state index is 6.45. The van der Waals surface area contributed by atoms with Crippen molar-refractivity contribution in [2.45, 2.75) is 332 Å². The van der Waals surface area contributed by atoms with Gasteiger partial charge in [0, 0.05) is 131 Å². The molecule has 11 aliphatic rings. The molecule has 0 amide bonds. The minimum absolute atomic E-state index is 0.0916. The average molecular weight is 1710 g/mol. The highest BCUT2D eigenvalue weighted by Gasteiger charge is 2.66. The lowest BCUT2D eigenvalue weighted by Gasteiger charge is -2.62. The van der Waals surface area contributed by atoms with Crippen LogP contribution in [0, 0.1) is 80.0 Å². The second kappa shape index (κ2) is 31.2. The van der Waals surface area contributed by atoms with Crippen LogP contribution in [0.5, 0.6) is 0 Å². The average Bonchev–Trinajstić information content (AvgIpc) is 1.37. The van der Waals surface area contributed by atoms with Gasteiger partial charge < -0.3 is 42.2 Å². The van der Waals surface area contributed by atoms with Gasteiger partial charge in [-0.1, -0.05) is 175 Å². The van der Waals surface area contributed by atoms with Crippen LogP contribution in [0.2, 0.25) is 0 Å². The van der Waals surface area contributed by atoms with E-state index in [0.29, 0.717) is 46.5 Å². The first-order valence-corrected chi connectivity index (χ1v) is 49.3. The summed E-state index contributed by atoms with van der Waals surface area (Å²) in [5.41, 5.74) is 24.3. The summed E-state index contributed by atoms with van der Waals surface area (Å²) in [6.45, 7) is 51.9. The quantitative estimate of drug-likeness (QED) is 0.164. The number of fused-ring (bicyclic) bond motifs is 13. The molecule has 3 spiro atoms. The van der Waals surface area contributed by atoms with Gasteiger partial charge in [0.25, 0.3) is 0 Å². The third kappa shape index (κ3) is 13.6. The van der Waals surface area contributed by atoms with Crippen molar-refractivity contribution >= 4 is 122 Å². The molecular formula is C116H142N8O4. The molecule has 7 aromatic carbocycles. The topological polar surface area (TPSA) is 107 Å². The minimum Gasteiger partial charge on any atom is -0.454 e. The summed E-state index contributed by atoms with van der Waals surface area (Å²) in [6, 6.07) is 58.7. The number of hydrogen-bond acceptors (Lipinski definition) is 12. The number of pyridine rings is 3. The minimum atomic E-state index is 0.0916. The van der Waals surface area contributed by atoms with Gasteiger partial charge in [0.1, 0.15) is 17.0 Å². The monoisotopic (exact) mass is 1710 g/mol. The van der Waals surface area contributed by atoms with Gasteiger partial charge in [-0.25, -0.2) is 15.0 Å². The Morgan fingerprint density at radius 2 is 0.648 bits per heavy atom. The Labute approximate surface area is 761 Å². The van der Waals surface area contributed by atoms with Gasteiger partial charge in [0.05, 0.1) is 22.7 Å². The molecule has 12 heterocycles. The summed E-state index contributed by atoms with van der Waals surface area (Å²) in [5, 5.41) is 9.46. The predicted octanol–water partition coefficient (Wildman–Crippen LogP) is 31.5. The van der Waals surface area contributed by atoms with E-state index in [-0.39, 0.29) is 33.0 Å². The van der Waals surface area contributed by atoms with Gasteiger partial charge in [-0.05, 0) is 330 Å². The van der Waals surface area contributed by atoms with Crippen LogP contribution in [-0.4, -0.2) is 67.3 Å². The largest absolute Gasteiger partial charge is 0.454 e. The summed E-state index contributed by atoms with van der Waals surface area (Å²) in [4.78, 5) is 27.0. The summed E-state index contributed by atoms with van der Waals surface area (Å²) < 4.78 is 25.4. The van der Waals surface area contributed by atoms with Gasteiger partial charge in [-0.3, -0.25) is 0 Å². The van der Waals surface area contributed by atoms with Crippen molar-refractivity contribution in [1.29, 1.82) is 0 Å². The molecule has 5 aliphatic heterocycles. The molecule has 128 heavy (non-hydrogen) atoms. The van der Waals surface area contributed by atoms with Crippen LogP contribution in [0.3, 0.4) is 0 Å². The first-order chi connectivity index (χ1) is 61.0. The first-order valence-electron chi connectivity index (χ1n) is 49.3. The second-order valence-corrected chi connectivity index (χ2v) is 46.0. The summed E-state index contributed by atoms with van der Waals surface area (Å²) >= 11 is 0. The number of anilines is 6. The van der Waals surface area contributed by atoms with Crippen LogP contribution in [0.25, 0.3) is 88.0 Å². The van der Waals surface area contributed by atoms with E-state index in [4.69, 9.17) is 22.7 Å². The summed E-state index contributed by atoms with van der Waals surface area (Å²) in [7, 11) is 0. The van der Waals surface area contributed by atoms with Crippen molar-refractivity contribution in [1.82, 2.24) is 15.0 Å². The van der Waals surface area contributed by atoms with Gasteiger partial charge >= 0.3 is 0 Å². The first kappa shape index (κ1) is 86.2. The summed E-state index contributed by atoms with van der Waals surface area (Å²) in [5.74, 6) is 4.95. The molecule has 14 aromatic rings. The lowest BCUT2D eigenvalue weighted by atomic mass is 9.43. The van der Waals surface area contributed by atoms with Crippen LogP contribution in [0.15, 0.2) is 194 Å². The van der Waals surface area contributed by atoms with Gasteiger partial charge in [-0.2, -0.15) is 0 Å². The lowest BCUT2D eigenvalue weighted by Crippen LogP contribution is -2.60. The molecule has 6 saturated carbocycles. The van der Waals surface area contributed by atoms with E-state index in [2.05, 4.69) is 326 Å². The molecule has 7 aromatic heterocycles. The SMILES string of the molecule is Cc1ccc2c(oc3ccccc32)c1N1C(C)C(C)(C)CC1(C)C.Cc1ccc2c(oc3ccccc32)c1N1C(C)C2(CCCCC2)CC1(C)C.Cc1ccc2c(oc3ncccc32)c1N1C(C)C(C)(C)CC1(C)C.Cc1ccc2c(oc3ncccc32)c1N1C(C)C2(CCCCC2)CC1(C)C.Cc1ccccc1N1c2ncccc2C2(C3CC4CC(C3)CC2C4)C1C. The fourth-order valence-corrected chi connectivity index (χ4v) is 30.2. The van der Waals surface area contributed by atoms with Crippen LogP contribution in [-0.2, 0) is 5.41 Å². The van der Waals surface area contributed by atoms with Crippen molar-refractivity contribution in [3.05, 3.63) is 210 Å². The highest BCUT2D eigenvalue weighted by atomic mass is 16.3. The van der Waals surface area contributed by atoms with Crippen LogP contribution >= 0.6 is 0 Å². The molecule has 670 valence electrons. The molecule has 12 heteroatoms. The Hall–Kier alpha value is -9.81. The highest BCUT2D eigenvalue weighted by molar-refractivity contribution is 6.12. The Balaban J connectivity index is 0.000000101. The Bertz CT molecular complexity index is 6230. The Kier molecular flexibility index (Phi) is 21.0. The van der Waals surface area contributed by atoms with Crippen molar-refractivity contribution in [2.24, 2.45) is 45.3 Å². The Morgan fingerprint density at radius 1 is 0.305 bits per heavy atom. The van der Waals surface area contributed by atoms with E-state index < -0.39 is 0 Å². The fraction of sp³-hybridized carbons (Fsp3) is 0.509. The lowest BCUT2D eigenvalue weighted by molar-refractivity contribution is -0.0654. The molecule has 6 aliphatic carbocycles. The van der Waals surface area contributed by atoms with E-state index in [1.807, 2.05) is 30.6 Å². The van der Waals surface area contributed by atoms with Crippen molar-refractivity contribution in [3.8, 4) is 0 Å². The van der Waals surface area contributed by atoms with Gasteiger partial charge in [-0.15, -0.1) is 0 Å². The predicted molar refractivity (Wildman–Crippen MR) is 536 cm³/mol. The van der Waals surface area contributed by atoms with Gasteiger partial charge in [0.2, 0.25) is 11.4 Å². The zero-order valence-electron chi connectivity index (χ0n) is 81.1. The third-order valence-corrected chi connectivity index (χ3v) is 35.3. The number of hydrogen-bond donors (Lipinski definition) is 0. The van der Waals surface area contributed by atoms with Crippen LogP contribution in [0.4, 0.5) is 34.3 Å². The fourth-order valence-electron chi connectivity index (χ4n) is 30.2. The molecule has 5 atom stereocenters. The summed E-state index contributed by atoms with van der Waals surface area (Å²) in [6.07, 6.45) is 31.7. The van der Waals surface area contributed by atoms with Crippen LogP contribution in [0.1, 0.15) is 273 Å². The molecular weight excluding hydrogens is 1570 g/mol. The van der Waals surface area contributed by atoms with Crippen molar-refractivity contribution < 1.29 is 17.7 Å². The number of benzene rings is 7. The standard InChI is InChI=1S/C25H31NO.C24H30N2O.C24H28N2.C22H27NO.C21H26N2O/c1-17-12-13-20-19-10-6-7-11-21(19)27-23(20)22(17)26-18(2)25(16-24(26,3)4)14-8-5-9-15-25;1-16-10-11-18-19-9-8-14-25-22(19)27-21(18)20(16)26-17(2)24(15-23(26,3)4)12-6-5-7-13-24;1-15-6-3-4-8-22(15)26-16(2)24(21-7-5-9-25-23(21)26)19-11-17-10-18(13-19)14-20(24)12-17;1-14-11-12-17-16-9-7-8-10-18(16)24-20(17)19(14)23-15(2)21(3,4)13-22(23,5)6;1-13-9-10-15-16-8-7-11-22-19(16)24-18(15)17(13)23-14(2)20(3,4)12-21(23,5)6/h6-7,10-13,18H,5,8-9,14-16H2,1-4H3;8-11,14,17H,5-7,12-13,15H2,1-4H3;3-9,16-20H,10-14H2,1-2H3;7-12,15H,13H2,1-6H3;7-11,14H,12H2,1-6H3. The molecule has 0 radical (unpaired) electrons. The zero-order chi connectivity index (χ0) is 89.6. The van der Waals surface area contributed by atoms with E-state index in [1.165, 1.54) is 205 Å². The molecule has 4 saturated heterocycles. The molecule has 10 fully saturated rings. The van der Waals surface area contributed by atoms with Crippen LogP contribution < -0.4 is 24.5 Å². The normalized spacial score (nSPS) is 26.8. The van der Waals surface area contributed by atoms with E-state index in [1.54, 1.807) is 11.8 Å². The molecule has 4 bridgehead atoms. The van der Waals surface area contributed by atoms with E-state index in [9.17, 15) is 0 Å². The van der Waals surface area contributed by atoms with Crippen molar-refractivity contribution in [2.75, 3.05) is 24.5 Å². The Morgan fingerprint density at radius 3 is 1.05 bits per heavy atom. The van der Waals surface area contributed by atoms with Crippen molar-refractivity contribution in [3.63, 3.8) is 0 Å². The number of furan rings is 4. The molecule has 25 rings (SSSR count). The van der Waals surface area contributed by atoms with Gasteiger partial charge in [0.15, 0.2) is 22.3 Å². The number of nitrogens with zero attached hydrogens (tertiary/aromatic N) is 8. The smallest absolute Gasteiger partial charge is 0.227 e. The number of aromatic nitrogens is 3. The number of aryl methyl sites for hydroxylation is 5.